The van der Waals surface area contributed by atoms with Crippen LogP contribution < -0.4 is 17.2 Å². The van der Waals surface area contributed by atoms with E-state index in [2.05, 4.69) is 0 Å². The van der Waals surface area contributed by atoms with Gasteiger partial charge in [0.2, 0.25) is 5.79 Å². The van der Waals surface area contributed by atoms with Crippen molar-refractivity contribution in [1.29, 1.82) is 0 Å². The van der Waals surface area contributed by atoms with Crippen LogP contribution in [0, 0.1) is 12.5 Å². The number of esters is 1. The first kappa shape index (κ1) is 15.4. The second-order valence-electron chi connectivity index (χ2n) is 5.84. The van der Waals surface area contributed by atoms with Crippen LogP contribution in [-0.4, -0.2) is 35.3 Å². The molecule has 1 aliphatic rings. The number of rotatable bonds is 3. The van der Waals surface area contributed by atoms with Gasteiger partial charge in [-0.15, -0.1) is 0 Å². The van der Waals surface area contributed by atoms with Crippen LogP contribution in [0.2, 0.25) is 0 Å². The van der Waals surface area contributed by atoms with Crippen molar-refractivity contribution in [2.24, 2.45) is 23.1 Å². The molecular formula is C12H25N4O2. The van der Waals surface area contributed by atoms with Crippen LogP contribution in [-0.2, 0) is 9.53 Å². The molecule has 1 saturated heterocycles. The Kier molecular flexibility index (Phi) is 4.72. The highest BCUT2D eigenvalue weighted by atomic mass is 16.6. The number of likely N-dealkylation sites (tertiary alicyclic amines) is 1. The third kappa shape index (κ3) is 3.91. The molecular weight excluding hydrogens is 232 g/mol. The van der Waals surface area contributed by atoms with Gasteiger partial charge in [-0.25, -0.2) is 4.79 Å². The van der Waals surface area contributed by atoms with Crippen LogP contribution in [0.1, 0.15) is 33.6 Å². The molecule has 0 aromatic rings. The van der Waals surface area contributed by atoms with Gasteiger partial charge in [-0.3, -0.25) is 16.4 Å². The fourth-order valence-corrected chi connectivity index (χ4v) is 1.95. The van der Waals surface area contributed by atoms with Crippen LogP contribution in [0.5, 0.6) is 0 Å². The molecule has 6 heteroatoms. The van der Waals surface area contributed by atoms with Gasteiger partial charge in [0.05, 0.1) is 0 Å². The van der Waals surface area contributed by atoms with Gasteiger partial charge in [0.15, 0.2) is 0 Å². The van der Waals surface area contributed by atoms with Gasteiger partial charge in [-0.2, -0.15) is 0 Å². The Morgan fingerprint density at radius 1 is 1.28 bits per heavy atom. The van der Waals surface area contributed by atoms with Gasteiger partial charge in [0.1, 0.15) is 5.60 Å². The van der Waals surface area contributed by atoms with Crippen LogP contribution in [0.3, 0.4) is 0 Å². The van der Waals surface area contributed by atoms with Crippen molar-refractivity contribution in [3.05, 3.63) is 6.54 Å². The van der Waals surface area contributed by atoms with E-state index in [1.807, 2.05) is 0 Å². The summed E-state index contributed by atoms with van der Waals surface area (Å²) in [4.78, 5) is 13.7. The third-order valence-electron chi connectivity index (χ3n) is 3.06. The highest BCUT2D eigenvalue weighted by molar-refractivity contribution is 5.79. The molecule has 1 aliphatic heterocycles. The maximum Gasteiger partial charge on any atom is 0.357 e. The summed E-state index contributed by atoms with van der Waals surface area (Å²) in [6.07, 6.45) is 1.71. The summed E-state index contributed by atoms with van der Waals surface area (Å²) in [7, 11) is 0. The normalized spacial score (nSPS) is 19.9. The van der Waals surface area contributed by atoms with Gasteiger partial charge in [0.25, 0.3) is 0 Å². The number of hydrogen-bond donors (Lipinski definition) is 3. The fraction of sp³-hybridized carbons (Fsp3) is 0.833. The lowest BCUT2D eigenvalue weighted by Gasteiger charge is -2.41. The summed E-state index contributed by atoms with van der Waals surface area (Å²) in [6.45, 7) is 8.35. The van der Waals surface area contributed by atoms with Crippen LogP contribution in [0.4, 0.5) is 0 Å². The van der Waals surface area contributed by atoms with E-state index in [4.69, 9.17) is 21.9 Å². The Balaban J connectivity index is 2.61. The van der Waals surface area contributed by atoms with E-state index in [1.165, 1.54) is 0 Å². The number of ether oxygens (including phenoxy) is 1. The van der Waals surface area contributed by atoms with Crippen molar-refractivity contribution in [1.82, 2.24) is 4.90 Å². The molecule has 0 unspecified atom stereocenters. The first-order valence-corrected chi connectivity index (χ1v) is 6.28. The Morgan fingerprint density at radius 3 is 2.17 bits per heavy atom. The molecule has 0 aliphatic carbocycles. The molecule has 0 spiro atoms. The summed E-state index contributed by atoms with van der Waals surface area (Å²) >= 11 is 0. The van der Waals surface area contributed by atoms with Crippen molar-refractivity contribution >= 4 is 5.97 Å². The summed E-state index contributed by atoms with van der Waals surface area (Å²) in [5.41, 5.74) is 16.7. The lowest BCUT2D eigenvalue weighted by atomic mass is 9.96. The van der Waals surface area contributed by atoms with Crippen molar-refractivity contribution in [2.45, 2.75) is 45.0 Å². The molecule has 0 amide bonds. The van der Waals surface area contributed by atoms with Gasteiger partial charge < -0.3 is 10.5 Å². The molecule has 0 saturated carbocycles. The van der Waals surface area contributed by atoms with Crippen molar-refractivity contribution in [3.8, 4) is 0 Å². The third-order valence-corrected chi connectivity index (χ3v) is 3.06. The molecule has 0 aromatic carbocycles. The predicted molar refractivity (Wildman–Crippen MR) is 69.7 cm³/mol. The van der Waals surface area contributed by atoms with Crippen LogP contribution in [0.15, 0.2) is 0 Å². The topological polar surface area (TPSA) is 108 Å². The van der Waals surface area contributed by atoms with Crippen LogP contribution in [0.25, 0.3) is 0 Å². The lowest BCUT2D eigenvalue weighted by Crippen LogP contribution is -2.70. The average Bonchev–Trinajstić information content (AvgIpc) is 2.27. The molecule has 0 bridgehead atoms. The molecule has 18 heavy (non-hydrogen) atoms. The Morgan fingerprint density at radius 2 is 1.78 bits per heavy atom. The maximum absolute atomic E-state index is 12.0. The molecule has 1 radical (unpaired) electrons. The molecule has 0 aromatic heterocycles. The number of hydrogen-bond acceptors (Lipinski definition) is 6. The molecule has 1 fully saturated rings. The maximum atomic E-state index is 12.0. The van der Waals surface area contributed by atoms with E-state index in [1.54, 1.807) is 32.2 Å². The van der Waals surface area contributed by atoms with E-state index in [-0.39, 0.29) is 0 Å². The molecule has 1 heterocycles. The van der Waals surface area contributed by atoms with Gasteiger partial charge >= 0.3 is 5.97 Å². The van der Waals surface area contributed by atoms with Crippen molar-refractivity contribution in [3.63, 3.8) is 0 Å². The summed E-state index contributed by atoms with van der Waals surface area (Å²) in [5, 5.41) is 0. The van der Waals surface area contributed by atoms with E-state index >= 15 is 0 Å². The van der Waals surface area contributed by atoms with E-state index in [0.29, 0.717) is 19.0 Å². The second kappa shape index (κ2) is 5.52. The zero-order chi connectivity index (χ0) is 14.0. The minimum atomic E-state index is -1.56. The lowest BCUT2D eigenvalue weighted by molar-refractivity contribution is -0.170. The number of piperidine rings is 1. The highest BCUT2D eigenvalue weighted by Crippen LogP contribution is 2.22. The van der Waals surface area contributed by atoms with E-state index in [9.17, 15) is 4.79 Å². The molecule has 6 N–H and O–H groups in total. The summed E-state index contributed by atoms with van der Waals surface area (Å²) in [5.74, 6) is -1.78. The largest absolute Gasteiger partial charge is 0.457 e. The quantitative estimate of drug-likeness (QED) is 0.474. The Labute approximate surface area is 109 Å². The number of carbonyl (C=O) groups is 1. The van der Waals surface area contributed by atoms with E-state index in [0.717, 1.165) is 12.8 Å². The SMILES string of the molecule is CC(C)(C)OC(=O)C(N)(N)N1CCC([CH]N)CC1. The summed E-state index contributed by atoms with van der Waals surface area (Å²) < 4.78 is 5.25. The zero-order valence-electron chi connectivity index (χ0n) is 11.5. The monoisotopic (exact) mass is 257 g/mol. The van der Waals surface area contributed by atoms with Crippen molar-refractivity contribution < 1.29 is 9.53 Å². The standard InChI is InChI=1S/C12H25N4O2/c1-11(2,3)18-10(17)12(14,15)16-6-4-9(8-13)5-7-16/h8-9H,4-7,13-15H2,1-3H3. The average molecular weight is 257 g/mol. The number of carbonyl (C=O) groups excluding carboxylic acids is 1. The molecule has 0 atom stereocenters. The minimum Gasteiger partial charge on any atom is -0.457 e. The molecule has 6 nitrogen and oxygen atoms in total. The Hall–Kier alpha value is -0.690. The minimum absolute atomic E-state index is 0.371. The van der Waals surface area contributed by atoms with E-state index < -0.39 is 17.4 Å². The smallest absolute Gasteiger partial charge is 0.357 e. The first-order valence-electron chi connectivity index (χ1n) is 6.28. The van der Waals surface area contributed by atoms with Gasteiger partial charge in [-0.05, 0) is 39.5 Å². The van der Waals surface area contributed by atoms with Crippen LogP contribution >= 0.6 is 0 Å². The summed E-state index contributed by atoms with van der Waals surface area (Å²) in [6, 6.07) is 0. The first-order chi connectivity index (χ1) is 8.16. The highest BCUT2D eigenvalue weighted by Gasteiger charge is 2.41. The number of nitrogens with zero attached hydrogens (tertiary/aromatic N) is 1. The predicted octanol–water partition coefficient (Wildman–Crippen LogP) is -0.268. The molecule has 1 rings (SSSR count). The number of nitrogens with two attached hydrogens (primary N) is 3. The van der Waals surface area contributed by atoms with Gasteiger partial charge in [-0.1, -0.05) is 0 Å². The Bertz CT molecular complexity index is 291. The van der Waals surface area contributed by atoms with Gasteiger partial charge in [0, 0.05) is 19.6 Å². The molecule has 105 valence electrons. The second-order valence-corrected chi connectivity index (χ2v) is 5.84. The zero-order valence-corrected chi connectivity index (χ0v) is 11.5. The fourth-order valence-electron chi connectivity index (χ4n) is 1.95. The van der Waals surface area contributed by atoms with Crippen molar-refractivity contribution in [2.75, 3.05) is 13.1 Å².